The number of nitrogens with zero attached hydrogens (tertiary/aromatic N) is 2. The van der Waals surface area contributed by atoms with Gasteiger partial charge in [0.05, 0.1) is 15.9 Å². The van der Waals surface area contributed by atoms with Gasteiger partial charge in [0.15, 0.2) is 5.13 Å². The number of aromatic nitrogens is 2. The Bertz CT molecular complexity index is 1160. The number of amides is 1. The molecule has 2 aromatic carbocycles. The highest BCUT2D eigenvalue weighted by Crippen LogP contribution is 2.31. The fraction of sp³-hybridized carbons (Fsp3) is 0.150. The molecular weight excluding hydrogens is 378 g/mol. The zero-order valence-electron chi connectivity index (χ0n) is 14.6. The fourth-order valence-electron chi connectivity index (χ4n) is 2.93. The van der Waals surface area contributed by atoms with E-state index in [9.17, 15) is 9.59 Å². The molecule has 136 valence electrons. The minimum atomic E-state index is -0.253. The van der Waals surface area contributed by atoms with Gasteiger partial charge in [-0.3, -0.25) is 14.2 Å². The predicted octanol–water partition coefficient (Wildman–Crippen LogP) is 4.39. The Morgan fingerprint density at radius 3 is 2.59 bits per heavy atom. The SMILES string of the molecule is CCc1sc(NC(=O)Cn2c(=O)sc3ccccc32)nc1-c1ccccc1. The van der Waals surface area contributed by atoms with Gasteiger partial charge in [0.25, 0.3) is 0 Å². The Balaban J connectivity index is 1.57. The summed E-state index contributed by atoms with van der Waals surface area (Å²) in [6.07, 6.45) is 0.840. The summed E-state index contributed by atoms with van der Waals surface area (Å²) in [5.74, 6) is -0.253. The Labute approximate surface area is 163 Å². The van der Waals surface area contributed by atoms with E-state index in [2.05, 4.69) is 17.2 Å². The number of para-hydroxylation sites is 1. The molecule has 0 spiro atoms. The lowest BCUT2D eigenvalue weighted by Gasteiger charge is -2.03. The Morgan fingerprint density at radius 2 is 1.81 bits per heavy atom. The third kappa shape index (κ3) is 3.56. The molecule has 5 nitrogen and oxygen atoms in total. The van der Waals surface area contributed by atoms with Crippen LogP contribution in [0.4, 0.5) is 5.13 Å². The molecule has 7 heteroatoms. The molecule has 27 heavy (non-hydrogen) atoms. The molecule has 2 heterocycles. The number of aryl methyl sites for hydroxylation is 1. The monoisotopic (exact) mass is 395 g/mol. The van der Waals surface area contributed by atoms with Crippen LogP contribution in [-0.2, 0) is 17.8 Å². The van der Waals surface area contributed by atoms with Gasteiger partial charge in [0, 0.05) is 10.4 Å². The van der Waals surface area contributed by atoms with E-state index in [0.717, 1.165) is 44.1 Å². The van der Waals surface area contributed by atoms with E-state index in [1.54, 1.807) is 0 Å². The third-order valence-corrected chi connectivity index (χ3v) is 6.26. The summed E-state index contributed by atoms with van der Waals surface area (Å²) in [5.41, 5.74) is 2.71. The fourth-order valence-corrected chi connectivity index (χ4v) is 4.76. The van der Waals surface area contributed by atoms with Gasteiger partial charge < -0.3 is 5.32 Å². The molecule has 0 unspecified atom stereocenters. The first-order valence-corrected chi connectivity index (χ1v) is 10.2. The average Bonchev–Trinajstić information content (AvgIpc) is 3.23. The number of carbonyl (C=O) groups excluding carboxylic acids is 1. The largest absolute Gasteiger partial charge is 0.308 e. The first-order valence-electron chi connectivity index (χ1n) is 8.59. The van der Waals surface area contributed by atoms with Crippen molar-refractivity contribution in [2.24, 2.45) is 0 Å². The Hall–Kier alpha value is -2.77. The molecule has 1 N–H and O–H groups in total. The molecule has 0 saturated heterocycles. The highest BCUT2D eigenvalue weighted by molar-refractivity contribution is 7.16. The number of thiazole rings is 2. The molecule has 0 saturated carbocycles. The van der Waals surface area contributed by atoms with Gasteiger partial charge >= 0.3 is 4.87 Å². The first-order chi connectivity index (χ1) is 13.2. The van der Waals surface area contributed by atoms with Crippen molar-refractivity contribution < 1.29 is 4.79 Å². The molecule has 4 rings (SSSR count). The molecule has 4 aromatic rings. The molecule has 0 aliphatic rings. The van der Waals surface area contributed by atoms with E-state index >= 15 is 0 Å². The van der Waals surface area contributed by atoms with Crippen LogP contribution in [0.15, 0.2) is 59.4 Å². The summed E-state index contributed by atoms with van der Waals surface area (Å²) in [5, 5.41) is 3.41. The molecule has 0 aliphatic heterocycles. The first kappa shape index (κ1) is 17.6. The maximum atomic E-state index is 12.5. The van der Waals surface area contributed by atoms with Crippen LogP contribution in [-0.4, -0.2) is 15.5 Å². The van der Waals surface area contributed by atoms with Gasteiger partial charge in [-0.25, -0.2) is 4.98 Å². The van der Waals surface area contributed by atoms with Crippen LogP contribution in [0.3, 0.4) is 0 Å². The Morgan fingerprint density at radius 1 is 1.07 bits per heavy atom. The summed E-state index contributed by atoms with van der Waals surface area (Å²) in [6.45, 7) is 2.05. The number of fused-ring (bicyclic) bond motifs is 1. The van der Waals surface area contributed by atoms with Gasteiger partial charge in [-0.1, -0.05) is 60.7 Å². The number of carbonyl (C=O) groups is 1. The minimum Gasteiger partial charge on any atom is -0.300 e. The van der Waals surface area contributed by atoms with Crippen LogP contribution in [0, 0.1) is 0 Å². The molecule has 0 aliphatic carbocycles. The lowest BCUT2D eigenvalue weighted by molar-refractivity contribution is -0.116. The van der Waals surface area contributed by atoms with Crippen molar-refractivity contribution in [3.8, 4) is 11.3 Å². The van der Waals surface area contributed by atoms with Gasteiger partial charge in [0.1, 0.15) is 6.54 Å². The maximum Gasteiger partial charge on any atom is 0.308 e. The highest BCUT2D eigenvalue weighted by Gasteiger charge is 2.15. The lowest BCUT2D eigenvalue weighted by atomic mass is 10.1. The van der Waals surface area contributed by atoms with Crippen molar-refractivity contribution in [1.29, 1.82) is 0 Å². The second-order valence-corrected chi connectivity index (χ2v) is 8.06. The summed E-state index contributed by atoms with van der Waals surface area (Å²) in [7, 11) is 0. The number of anilines is 1. The molecular formula is C20H17N3O2S2. The second kappa shape index (κ2) is 7.46. The van der Waals surface area contributed by atoms with Crippen LogP contribution in [0.25, 0.3) is 21.5 Å². The number of benzene rings is 2. The maximum absolute atomic E-state index is 12.5. The number of hydrogen-bond acceptors (Lipinski definition) is 5. The van der Waals surface area contributed by atoms with E-state index < -0.39 is 0 Å². The van der Waals surface area contributed by atoms with Crippen molar-refractivity contribution >= 4 is 43.9 Å². The van der Waals surface area contributed by atoms with E-state index in [4.69, 9.17) is 0 Å². The molecule has 0 fully saturated rings. The van der Waals surface area contributed by atoms with Crippen LogP contribution >= 0.6 is 22.7 Å². The van der Waals surface area contributed by atoms with Crippen LogP contribution in [0.2, 0.25) is 0 Å². The van der Waals surface area contributed by atoms with Crippen molar-refractivity contribution in [2.45, 2.75) is 19.9 Å². The summed E-state index contributed by atoms with van der Waals surface area (Å²) in [4.78, 5) is 30.3. The van der Waals surface area contributed by atoms with Gasteiger partial charge in [0.2, 0.25) is 5.91 Å². The normalized spacial score (nSPS) is 11.0. The van der Waals surface area contributed by atoms with E-state index in [1.807, 2.05) is 54.6 Å². The lowest BCUT2D eigenvalue weighted by Crippen LogP contribution is -2.24. The number of rotatable bonds is 5. The molecule has 1 amide bonds. The van der Waals surface area contributed by atoms with E-state index in [1.165, 1.54) is 15.9 Å². The molecule has 0 bridgehead atoms. The van der Waals surface area contributed by atoms with E-state index in [-0.39, 0.29) is 17.3 Å². The van der Waals surface area contributed by atoms with E-state index in [0.29, 0.717) is 5.13 Å². The average molecular weight is 396 g/mol. The standard InChI is InChI=1S/C20H17N3O2S2/c1-2-15-18(13-8-4-3-5-9-13)22-19(26-15)21-17(24)12-23-14-10-6-7-11-16(14)27-20(23)25/h3-11H,2,12H2,1H3,(H,21,22,24). The zero-order chi connectivity index (χ0) is 18.8. The van der Waals surface area contributed by atoms with Crippen molar-refractivity contribution in [1.82, 2.24) is 9.55 Å². The van der Waals surface area contributed by atoms with Gasteiger partial charge in [-0.05, 0) is 18.6 Å². The highest BCUT2D eigenvalue weighted by atomic mass is 32.1. The minimum absolute atomic E-state index is 0.0233. The second-order valence-electron chi connectivity index (χ2n) is 5.98. The smallest absolute Gasteiger partial charge is 0.300 e. The van der Waals surface area contributed by atoms with Crippen molar-refractivity contribution in [3.05, 3.63) is 69.1 Å². The summed E-state index contributed by atoms with van der Waals surface area (Å²) in [6, 6.07) is 17.4. The third-order valence-electron chi connectivity index (χ3n) is 4.19. The van der Waals surface area contributed by atoms with Gasteiger partial charge in [-0.15, -0.1) is 11.3 Å². The predicted molar refractivity (Wildman–Crippen MR) is 112 cm³/mol. The van der Waals surface area contributed by atoms with Crippen LogP contribution < -0.4 is 10.2 Å². The van der Waals surface area contributed by atoms with Crippen LogP contribution in [0.1, 0.15) is 11.8 Å². The van der Waals surface area contributed by atoms with Gasteiger partial charge in [-0.2, -0.15) is 0 Å². The Kier molecular flexibility index (Phi) is 4.87. The van der Waals surface area contributed by atoms with Crippen LogP contribution in [0.5, 0.6) is 0 Å². The summed E-state index contributed by atoms with van der Waals surface area (Å²) < 4.78 is 2.38. The molecule has 0 atom stereocenters. The summed E-state index contributed by atoms with van der Waals surface area (Å²) >= 11 is 2.62. The number of nitrogens with one attached hydrogen (secondary N) is 1. The molecule has 2 aromatic heterocycles. The van der Waals surface area contributed by atoms with Crippen molar-refractivity contribution in [3.63, 3.8) is 0 Å². The zero-order valence-corrected chi connectivity index (χ0v) is 16.3. The topological polar surface area (TPSA) is 64.0 Å². The molecule has 0 radical (unpaired) electrons. The van der Waals surface area contributed by atoms with Crippen molar-refractivity contribution in [2.75, 3.05) is 5.32 Å². The number of hydrogen-bond donors (Lipinski definition) is 1. The quantitative estimate of drug-likeness (QED) is 0.545.